The number of H-pyrrole nitrogens is 1. The first-order chi connectivity index (χ1) is 14.5. The van der Waals surface area contributed by atoms with E-state index < -0.39 is 24.0 Å². The molecule has 2 aliphatic heterocycles. The number of nitrogens with zero attached hydrogens (tertiary/aromatic N) is 1. The third-order valence-corrected chi connectivity index (χ3v) is 5.44. The molecule has 2 aliphatic rings. The molecule has 0 amide bonds. The van der Waals surface area contributed by atoms with Gasteiger partial charge >= 0.3 is 12.4 Å². The van der Waals surface area contributed by atoms with Crippen LogP contribution >= 0.6 is 0 Å². The van der Waals surface area contributed by atoms with E-state index in [2.05, 4.69) is 10.3 Å². The molecule has 31 heavy (non-hydrogen) atoms. The van der Waals surface area contributed by atoms with Gasteiger partial charge in [0, 0.05) is 36.6 Å². The van der Waals surface area contributed by atoms with Gasteiger partial charge in [0.15, 0.2) is 0 Å². The maximum absolute atomic E-state index is 13.2. The van der Waals surface area contributed by atoms with Crippen molar-refractivity contribution in [3.05, 3.63) is 41.6 Å². The van der Waals surface area contributed by atoms with Gasteiger partial charge in [-0.25, -0.2) is 0 Å². The van der Waals surface area contributed by atoms with Crippen LogP contribution < -0.4 is 10.2 Å². The van der Waals surface area contributed by atoms with Gasteiger partial charge in [-0.1, -0.05) is 12.2 Å². The Morgan fingerprint density at radius 2 is 1.84 bits per heavy atom. The zero-order valence-electron chi connectivity index (χ0n) is 16.9. The Kier molecular flexibility index (Phi) is 6.90. The highest BCUT2D eigenvalue weighted by Gasteiger charge is 2.43. The lowest BCUT2D eigenvalue weighted by Crippen LogP contribution is -2.42. The van der Waals surface area contributed by atoms with Crippen molar-refractivity contribution in [1.29, 1.82) is 0 Å². The molecule has 0 bridgehead atoms. The molecule has 10 heteroatoms. The molecule has 0 aliphatic carbocycles. The normalized spacial score (nSPS) is 22.4. The third-order valence-electron chi connectivity index (χ3n) is 5.44. The second-order valence-corrected chi connectivity index (χ2v) is 7.79. The molecule has 2 unspecified atom stereocenters. The Labute approximate surface area is 175 Å². The van der Waals surface area contributed by atoms with E-state index in [9.17, 15) is 26.3 Å². The van der Waals surface area contributed by atoms with Crippen molar-refractivity contribution in [2.24, 2.45) is 0 Å². The average molecular weight is 449 g/mol. The topological polar surface area (TPSA) is 51.3 Å². The number of fused-ring (bicyclic) bond motifs is 3. The predicted molar refractivity (Wildman–Crippen MR) is 107 cm³/mol. The van der Waals surface area contributed by atoms with Crippen molar-refractivity contribution >= 4 is 16.6 Å². The summed E-state index contributed by atoms with van der Waals surface area (Å²) < 4.78 is 78.1. The summed E-state index contributed by atoms with van der Waals surface area (Å²) >= 11 is 0. The number of hydrogen-bond acceptors (Lipinski definition) is 3. The van der Waals surface area contributed by atoms with Gasteiger partial charge in [0.2, 0.25) is 0 Å². The van der Waals surface area contributed by atoms with Crippen LogP contribution in [0.5, 0.6) is 0 Å². The number of hydrogen-bond donors (Lipinski definition) is 3. The summed E-state index contributed by atoms with van der Waals surface area (Å²) in [4.78, 5) is 3.88. The molecule has 0 spiro atoms. The Morgan fingerprint density at radius 1 is 1.10 bits per heavy atom. The quantitative estimate of drug-likeness (QED) is 0.401. The van der Waals surface area contributed by atoms with E-state index in [1.807, 2.05) is 0 Å². The number of aromatic amines is 1. The van der Waals surface area contributed by atoms with Crippen molar-refractivity contribution < 1.29 is 31.4 Å². The van der Waals surface area contributed by atoms with Crippen LogP contribution in [0.3, 0.4) is 0 Å². The molecule has 1 fully saturated rings. The maximum atomic E-state index is 13.2. The fourth-order valence-corrected chi connectivity index (χ4v) is 3.87. The number of allylic oxidation sites excluding steroid dienone is 1. The van der Waals surface area contributed by atoms with E-state index in [0.29, 0.717) is 11.2 Å². The number of alkyl halides is 6. The highest BCUT2D eigenvalue weighted by atomic mass is 19.4. The molecule has 172 valence electrons. The molecule has 1 saturated heterocycles. The third kappa shape index (κ3) is 5.54. The smallest absolute Gasteiger partial charge is 0.392 e. The van der Waals surface area contributed by atoms with Crippen molar-refractivity contribution in [2.75, 3.05) is 25.0 Å². The van der Waals surface area contributed by atoms with Gasteiger partial charge in [-0.05, 0) is 44.0 Å². The van der Waals surface area contributed by atoms with Gasteiger partial charge in [0.05, 0.1) is 17.4 Å². The summed E-state index contributed by atoms with van der Waals surface area (Å²) in [6.45, 7) is 1.87. The number of β-amino-alcohol motifs (C(OH)–C–C–N with tert-alkyl or cyclic N) is 1. The van der Waals surface area contributed by atoms with Crippen LogP contribution in [0.25, 0.3) is 10.9 Å². The van der Waals surface area contributed by atoms with E-state index in [4.69, 9.17) is 5.11 Å². The number of benzene rings is 1. The van der Waals surface area contributed by atoms with Gasteiger partial charge in [-0.15, -0.1) is 0 Å². The lowest BCUT2D eigenvalue weighted by atomic mass is 10.1. The number of likely N-dealkylation sites (N-methyl/N-ethyl adjacent to an activating group) is 1. The summed E-state index contributed by atoms with van der Waals surface area (Å²) in [6.07, 6.45) is -3.19. The lowest BCUT2D eigenvalue weighted by molar-refractivity contribution is -0.138. The van der Waals surface area contributed by atoms with Crippen molar-refractivity contribution in [3.8, 4) is 0 Å². The summed E-state index contributed by atoms with van der Waals surface area (Å²) in [6, 6.07) is 1.17. The molecule has 4 nitrogen and oxygen atoms in total. The van der Waals surface area contributed by atoms with Crippen molar-refractivity contribution in [3.63, 3.8) is 0 Å². The minimum absolute atomic E-state index is 0.0856. The fraction of sp³-hybridized carbons (Fsp3) is 0.524. The minimum Gasteiger partial charge on any atom is -0.392 e. The zero-order valence-corrected chi connectivity index (χ0v) is 16.9. The molecular formula is C21H25F6N3O. The number of halogens is 6. The van der Waals surface area contributed by atoms with Crippen molar-refractivity contribution in [1.82, 2.24) is 10.3 Å². The van der Waals surface area contributed by atoms with E-state index >= 15 is 0 Å². The molecule has 1 aromatic heterocycles. The summed E-state index contributed by atoms with van der Waals surface area (Å²) in [5, 5.41) is 12.3. The maximum Gasteiger partial charge on any atom is 0.416 e. The van der Waals surface area contributed by atoms with Crippen LogP contribution in [-0.4, -0.2) is 48.5 Å². The molecular weight excluding hydrogens is 424 g/mol. The number of rotatable bonds is 0. The van der Waals surface area contributed by atoms with Gasteiger partial charge in [0.1, 0.15) is 6.04 Å². The first-order valence-corrected chi connectivity index (χ1v) is 10.0. The number of aliphatic hydroxyl groups is 1. The first-order valence-electron chi connectivity index (χ1n) is 10.0. The van der Waals surface area contributed by atoms with Gasteiger partial charge in [0.25, 0.3) is 0 Å². The SMILES string of the molecule is CN1c2c([nH]c3ccc(C(F)(F)F)cc23)CC=CC1C(F)(F)F.OC1CCCCNC1. The largest absolute Gasteiger partial charge is 0.416 e. The Hall–Kier alpha value is -2.20. The summed E-state index contributed by atoms with van der Waals surface area (Å²) in [5.41, 5.74) is 0.107. The van der Waals surface area contributed by atoms with E-state index in [0.717, 1.165) is 42.6 Å². The Bertz CT molecular complexity index is 910. The summed E-state index contributed by atoms with van der Waals surface area (Å²) in [5.74, 6) is 0. The van der Waals surface area contributed by atoms with E-state index in [1.54, 1.807) is 0 Å². The van der Waals surface area contributed by atoms with Crippen LogP contribution in [-0.2, 0) is 12.6 Å². The van der Waals surface area contributed by atoms with Crippen LogP contribution in [0, 0.1) is 0 Å². The highest BCUT2D eigenvalue weighted by Crippen LogP contribution is 2.40. The van der Waals surface area contributed by atoms with Crippen LogP contribution in [0.15, 0.2) is 30.4 Å². The monoisotopic (exact) mass is 449 g/mol. The fourth-order valence-electron chi connectivity index (χ4n) is 3.87. The second kappa shape index (κ2) is 9.12. The lowest BCUT2D eigenvalue weighted by Gasteiger charge is -2.28. The average Bonchev–Trinajstić information content (AvgIpc) is 2.78. The Balaban J connectivity index is 0.000000287. The molecule has 2 aromatic rings. The second-order valence-electron chi connectivity index (χ2n) is 7.79. The first kappa shape index (κ1) is 23.5. The highest BCUT2D eigenvalue weighted by molar-refractivity contribution is 5.96. The number of anilines is 1. The molecule has 3 N–H and O–H groups in total. The van der Waals surface area contributed by atoms with Crippen molar-refractivity contribution in [2.45, 2.75) is 50.2 Å². The molecule has 4 rings (SSSR count). The van der Waals surface area contributed by atoms with E-state index in [1.165, 1.54) is 32.0 Å². The minimum atomic E-state index is -4.55. The standard InChI is InChI=1S/C15H12F6N2.C6H13NO/c1-23-12(15(19,20)21)4-2-3-11-13(23)9-7-8(14(16,17)18)5-6-10(9)22-11;8-6-3-1-2-4-7-5-6/h2,4-7,12,22H,3H2,1H3;6-8H,1-5H2. The Morgan fingerprint density at radius 3 is 2.52 bits per heavy atom. The van der Waals surface area contributed by atoms with Gasteiger partial charge in [-0.3, -0.25) is 0 Å². The molecule has 0 saturated carbocycles. The number of aromatic nitrogens is 1. The number of aliphatic hydroxyl groups excluding tert-OH is 1. The van der Waals surface area contributed by atoms with Gasteiger partial charge < -0.3 is 20.3 Å². The zero-order chi connectivity index (χ0) is 22.8. The summed E-state index contributed by atoms with van der Waals surface area (Å²) in [7, 11) is 1.24. The predicted octanol–water partition coefficient (Wildman–Crippen LogP) is 4.79. The molecule has 1 aromatic carbocycles. The van der Waals surface area contributed by atoms with E-state index in [-0.39, 0.29) is 23.6 Å². The van der Waals surface area contributed by atoms with Crippen LogP contribution in [0.2, 0.25) is 0 Å². The van der Waals surface area contributed by atoms with Crippen LogP contribution in [0.1, 0.15) is 30.5 Å². The van der Waals surface area contributed by atoms with Gasteiger partial charge in [-0.2, -0.15) is 26.3 Å². The molecule has 3 heterocycles. The van der Waals surface area contributed by atoms with Crippen LogP contribution in [0.4, 0.5) is 32.0 Å². The number of nitrogens with one attached hydrogen (secondary N) is 2. The molecule has 2 atom stereocenters. The molecule has 0 radical (unpaired) electrons.